The van der Waals surface area contributed by atoms with Gasteiger partial charge in [-0.1, -0.05) is 42.8 Å². The Morgan fingerprint density at radius 3 is 1.64 bits per heavy atom. The van der Waals surface area contributed by atoms with Crippen molar-refractivity contribution in [3.63, 3.8) is 0 Å². The van der Waals surface area contributed by atoms with E-state index >= 15 is 0 Å². The molecule has 0 aromatic rings. The number of Topliss-reactive ketones (excluding diaryl/α,β-unsaturated/α-hetero) is 1. The molecule has 2 fully saturated rings. The van der Waals surface area contributed by atoms with E-state index in [1.807, 2.05) is 57.8 Å². The summed E-state index contributed by atoms with van der Waals surface area (Å²) in [4.78, 5) is 11.9. The van der Waals surface area contributed by atoms with Gasteiger partial charge in [0.15, 0.2) is 5.78 Å². The van der Waals surface area contributed by atoms with Gasteiger partial charge < -0.3 is 0 Å². The third kappa shape index (κ3) is 4.42. The molecule has 0 unspecified atom stereocenters. The van der Waals surface area contributed by atoms with E-state index < -0.39 is 12.4 Å². The van der Waals surface area contributed by atoms with E-state index in [2.05, 4.69) is 19.6 Å². The van der Waals surface area contributed by atoms with E-state index in [0.29, 0.717) is 0 Å². The monoisotopic (exact) mass is 392 g/mol. The Bertz CT molecular complexity index is 423. The van der Waals surface area contributed by atoms with Gasteiger partial charge >= 0.3 is 17.1 Å². The van der Waals surface area contributed by atoms with Crippen molar-refractivity contribution in [1.29, 1.82) is 0 Å². The summed E-state index contributed by atoms with van der Waals surface area (Å²) in [6.45, 7) is 6.39. The van der Waals surface area contributed by atoms with Crippen LogP contribution in [0.2, 0.25) is 19.6 Å². The fraction of sp³-hybridized carbons (Fsp3) is 0.235. The quantitative estimate of drug-likeness (QED) is 0.504. The second-order valence-corrected chi connectivity index (χ2v) is 12.4. The Labute approximate surface area is 157 Å². The van der Waals surface area contributed by atoms with Crippen LogP contribution in [0.3, 0.4) is 0 Å². The summed E-state index contributed by atoms with van der Waals surface area (Å²) >= 11 is 12.2. The number of halogens is 2. The molecule has 0 aliphatic heterocycles. The molecule has 0 atom stereocenters. The normalized spacial score (nSPS) is 24.5. The van der Waals surface area contributed by atoms with E-state index in [4.69, 9.17) is 23.2 Å². The van der Waals surface area contributed by atoms with Crippen LogP contribution in [-0.2, 0) is 21.9 Å². The van der Waals surface area contributed by atoms with Crippen LogP contribution in [0.25, 0.3) is 0 Å². The molecule has 1 nitrogen and oxygen atoms in total. The first-order valence-corrected chi connectivity index (χ1v) is 11.1. The molecule has 10 radical (unpaired) electrons. The largest absolute Gasteiger partial charge is 2.00 e. The van der Waals surface area contributed by atoms with Crippen molar-refractivity contribution in [3.05, 3.63) is 74.5 Å². The van der Waals surface area contributed by atoms with Crippen molar-refractivity contribution >= 4 is 37.1 Å². The predicted octanol–water partition coefficient (Wildman–Crippen LogP) is 4.34. The first-order chi connectivity index (χ1) is 9.76. The van der Waals surface area contributed by atoms with Gasteiger partial charge in [-0.25, -0.2) is 0 Å². The zero-order valence-corrected chi connectivity index (χ0v) is 16.3. The zero-order chi connectivity index (χ0) is 15.7. The van der Waals surface area contributed by atoms with Gasteiger partial charge in [-0.2, -0.15) is 0 Å². The average Bonchev–Trinajstić information content (AvgIpc) is 3.08. The standard InChI is InChI=1S/C12H13Cl2OSi.C5H5.Fe/c1-16(2,3)10-9(8-6-4-5-7-8)12(13,14)11(10)15;1-2-4-5-3-1;/h4-7H,1-3H3;1-5H;/q;;+2. The van der Waals surface area contributed by atoms with Crippen LogP contribution in [0.1, 0.15) is 0 Å². The molecule has 0 saturated heterocycles. The smallest absolute Gasteiger partial charge is 0.291 e. The van der Waals surface area contributed by atoms with E-state index in [1.54, 1.807) is 0 Å². The Kier molecular flexibility index (Phi) is 7.75. The van der Waals surface area contributed by atoms with Gasteiger partial charge in [0.25, 0.3) is 0 Å². The number of rotatable bonds is 2. The molecule has 0 aromatic heterocycles. The van der Waals surface area contributed by atoms with E-state index in [0.717, 1.165) is 16.7 Å². The summed E-state index contributed by atoms with van der Waals surface area (Å²) in [7, 11) is -1.68. The van der Waals surface area contributed by atoms with Crippen molar-refractivity contribution < 1.29 is 21.9 Å². The first kappa shape index (κ1) is 20.8. The van der Waals surface area contributed by atoms with Crippen LogP contribution in [0.5, 0.6) is 0 Å². The molecule has 116 valence electrons. The molecule has 22 heavy (non-hydrogen) atoms. The molecule has 0 heterocycles. The molecule has 0 aromatic carbocycles. The Morgan fingerprint density at radius 2 is 1.27 bits per heavy atom. The predicted molar refractivity (Wildman–Crippen MR) is 91.8 cm³/mol. The molecule has 0 spiro atoms. The molecular formula is C17H18Cl2FeOSi+2. The van der Waals surface area contributed by atoms with Crippen LogP contribution in [-0.4, -0.2) is 18.2 Å². The minimum atomic E-state index is -1.68. The maximum absolute atomic E-state index is 11.9. The van der Waals surface area contributed by atoms with Gasteiger partial charge in [0, 0.05) is 5.92 Å². The number of hydrogen-bond donors (Lipinski definition) is 0. The summed E-state index contributed by atoms with van der Waals surface area (Å²) in [5.41, 5.74) is 0.824. The van der Waals surface area contributed by atoms with Crippen LogP contribution in [0.4, 0.5) is 0 Å². The van der Waals surface area contributed by atoms with Gasteiger partial charge in [0.2, 0.25) is 4.33 Å². The van der Waals surface area contributed by atoms with Crippen LogP contribution < -0.4 is 0 Å². The maximum atomic E-state index is 11.9. The molecule has 0 N–H and O–H groups in total. The second-order valence-electron chi connectivity index (χ2n) is 6.04. The Morgan fingerprint density at radius 1 is 0.864 bits per heavy atom. The van der Waals surface area contributed by atoms with Gasteiger partial charge in [0.05, 0.1) is 8.07 Å². The summed E-state index contributed by atoms with van der Waals surface area (Å²) in [5.74, 6) is 0.869. The SMILES string of the molecule is C[Si](C)(C)C1=C([C]2[CH][CH][CH][CH]2)C(Cl)(Cl)C1=O.[CH]1[CH][CH][CH][CH]1.[Fe+2]. The number of ketones is 1. The van der Waals surface area contributed by atoms with Crippen molar-refractivity contribution in [3.8, 4) is 0 Å². The minimum absolute atomic E-state index is 0. The summed E-state index contributed by atoms with van der Waals surface area (Å²) < 4.78 is -1.33. The molecule has 3 aliphatic carbocycles. The molecule has 3 aliphatic rings. The van der Waals surface area contributed by atoms with E-state index in [1.165, 1.54) is 0 Å². The second kappa shape index (κ2) is 8.21. The van der Waals surface area contributed by atoms with Gasteiger partial charge in [-0.15, -0.1) is 0 Å². The van der Waals surface area contributed by atoms with Crippen LogP contribution in [0, 0.1) is 63.7 Å². The topological polar surface area (TPSA) is 17.1 Å². The first-order valence-electron chi connectivity index (χ1n) is 6.83. The number of alkyl halides is 2. The Hall–Kier alpha value is 0.726. The van der Waals surface area contributed by atoms with Crippen molar-refractivity contribution in [1.82, 2.24) is 0 Å². The molecular weight excluding hydrogens is 375 g/mol. The molecule has 0 amide bonds. The summed E-state index contributed by atoms with van der Waals surface area (Å²) in [6, 6.07) is 0. The fourth-order valence-corrected chi connectivity index (χ4v) is 5.24. The number of hydrogen-bond acceptors (Lipinski definition) is 1. The van der Waals surface area contributed by atoms with E-state index in [-0.39, 0.29) is 22.9 Å². The third-order valence-electron chi connectivity index (χ3n) is 3.33. The van der Waals surface area contributed by atoms with Crippen molar-refractivity contribution in [2.75, 3.05) is 0 Å². The number of carbonyl (C=O) groups is 1. The van der Waals surface area contributed by atoms with E-state index in [9.17, 15) is 4.79 Å². The fourth-order valence-electron chi connectivity index (χ4n) is 2.38. The Balaban J connectivity index is 0.000000344. The zero-order valence-electron chi connectivity index (χ0n) is 12.7. The van der Waals surface area contributed by atoms with Crippen LogP contribution >= 0.6 is 23.2 Å². The van der Waals surface area contributed by atoms with Gasteiger partial charge in [-0.05, 0) is 68.6 Å². The summed E-state index contributed by atoms with van der Waals surface area (Å²) in [6.07, 6.45) is 17.7. The van der Waals surface area contributed by atoms with Crippen molar-refractivity contribution in [2.45, 2.75) is 24.0 Å². The maximum Gasteiger partial charge on any atom is 2.00 e. The van der Waals surface area contributed by atoms with Crippen LogP contribution in [0.15, 0.2) is 10.8 Å². The number of allylic oxidation sites excluding steroid dienone is 2. The molecule has 0 bridgehead atoms. The number of carbonyl (C=O) groups excluding carboxylic acids is 1. The van der Waals surface area contributed by atoms with Crippen molar-refractivity contribution in [2.24, 2.45) is 0 Å². The molecule has 5 heteroatoms. The average molecular weight is 393 g/mol. The molecule has 3 rings (SSSR count). The minimum Gasteiger partial charge on any atom is -0.291 e. The molecule has 2 saturated carbocycles. The van der Waals surface area contributed by atoms with Gasteiger partial charge in [0.1, 0.15) is 0 Å². The summed E-state index contributed by atoms with van der Waals surface area (Å²) in [5, 5.41) is 0.878. The third-order valence-corrected chi connectivity index (χ3v) is 6.03. The van der Waals surface area contributed by atoms with Gasteiger partial charge in [-0.3, -0.25) is 4.79 Å².